The van der Waals surface area contributed by atoms with Crippen molar-refractivity contribution in [3.05, 3.63) is 23.5 Å². The number of ether oxygens (including phenoxy) is 1. The Morgan fingerprint density at radius 2 is 2.16 bits per heavy atom. The number of aldehydes is 1. The van der Waals surface area contributed by atoms with Crippen LogP contribution in [0.1, 0.15) is 49.3 Å². The number of hydrogen-bond acceptors (Lipinski definition) is 4. The average molecular weight is 260 g/mol. The molecule has 4 nitrogen and oxygen atoms in total. The van der Waals surface area contributed by atoms with E-state index in [4.69, 9.17) is 10.00 Å². The van der Waals surface area contributed by atoms with Gasteiger partial charge in [0.05, 0.1) is 18.1 Å². The van der Waals surface area contributed by atoms with E-state index in [1.165, 1.54) is 0 Å². The van der Waals surface area contributed by atoms with Crippen molar-refractivity contribution < 1.29 is 9.53 Å². The van der Waals surface area contributed by atoms with Crippen LogP contribution in [0.3, 0.4) is 0 Å². The van der Waals surface area contributed by atoms with Crippen molar-refractivity contribution in [2.45, 2.75) is 40.0 Å². The van der Waals surface area contributed by atoms with Crippen LogP contribution in [0.25, 0.3) is 0 Å². The van der Waals surface area contributed by atoms with E-state index in [0.29, 0.717) is 24.3 Å². The van der Waals surface area contributed by atoms with E-state index in [1.807, 2.05) is 26.8 Å². The van der Waals surface area contributed by atoms with Crippen molar-refractivity contribution in [3.8, 4) is 11.8 Å². The van der Waals surface area contributed by atoms with Crippen molar-refractivity contribution in [1.29, 1.82) is 5.26 Å². The first kappa shape index (κ1) is 15.2. The predicted molar refractivity (Wildman–Crippen MR) is 73.1 cm³/mol. The van der Waals surface area contributed by atoms with Gasteiger partial charge in [0.15, 0.2) is 6.29 Å². The van der Waals surface area contributed by atoms with Crippen LogP contribution in [0.4, 0.5) is 0 Å². The number of carbonyl (C=O) groups is 1. The lowest BCUT2D eigenvalue weighted by molar-refractivity contribution is 0.111. The summed E-state index contributed by atoms with van der Waals surface area (Å²) in [6, 6.07) is 5.87. The van der Waals surface area contributed by atoms with Crippen molar-refractivity contribution in [1.82, 2.24) is 4.98 Å². The maximum atomic E-state index is 10.9. The zero-order valence-electron chi connectivity index (χ0n) is 11.8. The van der Waals surface area contributed by atoms with E-state index in [0.717, 1.165) is 25.0 Å². The summed E-state index contributed by atoms with van der Waals surface area (Å²) in [5.41, 5.74) is 0.863. The minimum absolute atomic E-state index is 0.278. The van der Waals surface area contributed by atoms with Crippen molar-refractivity contribution in [2.75, 3.05) is 6.61 Å². The van der Waals surface area contributed by atoms with Gasteiger partial charge < -0.3 is 4.74 Å². The minimum Gasteiger partial charge on any atom is -0.491 e. The van der Waals surface area contributed by atoms with Crippen LogP contribution in [0.2, 0.25) is 0 Å². The summed E-state index contributed by atoms with van der Waals surface area (Å²) >= 11 is 0. The number of carbonyl (C=O) groups excluding carboxylic acids is 1. The van der Waals surface area contributed by atoms with Crippen LogP contribution in [0.15, 0.2) is 12.1 Å². The summed E-state index contributed by atoms with van der Waals surface area (Å²) in [5.74, 6) is 0.528. The molecular formula is C15H20N2O2. The Bertz CT molecular complexity index is 476. The molecular weight excluding hydrogens is 240 g/mol. The molecule has 102 valence electrons. The number of nitriles is 1. The van der Waals surface area contributed by atoms with E-state index in [2.05, 4.69) is 11.1 Å². The molecule has 19 heavy (non-hydrogen) atoms. The number of nitrogens with zero attached hydrogens (tertiary/aromatic N) is 2. The van der Waals surface area contributed by atoms with E-state index in [1.54, 1.807) is 6.07 Å². The number of aryl methyl sites for hydroxylation is 1. The quantitative estimate of drug-likeness (QED) is 0.557. The van der Waals surface area contributed by atoms with Gasteiger partial charge in [-0.05, 0) is 52.2 Å². The summed E-state index contributed by atoms with van der Waals surface area (Å²) in [6.45, 7) is 6.23. The molecule has 1 aromatic rings. The van der Waals surface area contributed by atoms with Crippen LogP contribution in [0, 0.1) is 23.7 Å². The molecule has 0 bridgehead atoms. The molecule has 1 aromatic heterocycles. The summed E-state index contributed by atoms with van der Waals surface area (Å²) < 4.78 is 5.55. The first-order valence-electron chi connectivity index (χ1n) is 6.45. The molecule has 0 radical (unpaired) electrons. The van der Waals surface area contributed by atoms with Crippen molar-refractivity contribution in [3.63, 3.8) is 0 Å². The van der Waals surface area contributed by atoms with Crippen LogP contribution in [0.5, 0.6) is 5.75 Å². The number of unbranched alkanes of at least 4 members (excludes halogenated alkanes) is 1. The van der Waals surface area contributed by atoms with Crippen molar-refractivity contribution in [2.24, 2.45) is 5.41 Å². The summed E-state index contributed by atoms with van der Waals surface area (Å²) in [4.78, 5) is 15.0. The lowest BCUT2D eigenvalue weighted by Gasteiger charge is -2.14. The van der Waals surface area contributed by atoms with Gasteiger partial charge in [-0.15, -0.1) is 0 Å². The van der Waals surface area contributed by atoms with Crippen LogP contribution in [-0.4, -0.2) is 17.9 Å². The topological polar surface area (TPSA) is 63.0 Å². The first-order chi connectivity index (χ1) is 8.98. The van der Waals surface area contributed by atoms with E-state index in [9.17, 15) is 4.79 Å². The maximum Gasteiger partial charge on any atom is 0.172 e. The Kier molecular flexibility index (Phi) is 5.50. The average Bonchev–Trinajstić information content (AvgIpc) is 2.39. The lowest BCUT2D eigenvalue weighted by atomic mass is 9.89. The molecule has 0 aromatic carbocycles. The fourth-order valence-electron chi connectivity index (χ4n) is 1.68. The molecule has 4 heteroatoms. The van der Waals surface area contributed by atoms with E-state index >= 15 is 0 Å². The van der Waals surface area contributed by atoms with E-state index in [-0.39, 0.29) is 5.41 Å². The van der Waals surface area contributed by atoms with E-state index < -0.39 is 0 Å². The third kappa shape index (κ3) is 5.09. The molecule has 0 fully saturated rings. The summed E-state index contributed by atoms with van der Waals surface area (Å²) in [5, 5.41) is 8.89. The Morgan fingerprint density at radius 3 is 2.79 bits per heavy atom. The first-order valence-corrected chi connectivity index (χ1v) is 6.45. The smallest absolute Gasteiger partial charge is 0.172 e. The fraction of sp³-hybridized carbons (Fsp3) is 0.533. The molecule has 0 spiro atoms. The Morgan fingerprint density at radius 1 is 1.42 bits per heavy atom. The molecule has 1 heterocycles. The Labute approximate surface area is 114 Å². The second-order valence-electron chi connectivity index (χ2n) is 5.26. The Balaban J connectivity index is 2.38. The second-order valence-corrected chi connectivity index (χ2v) is 5.26. The fourth-order valence-corrected chi connectivity index (χ4v) is 1.68. The van der Waals surface area contributed by atoms with Gasteiger partial charge in [-0.2, -0.15) is 5.26 Å². The normalized spacial score (nSPS) is 10.8. The summed E-state index contributed by atoms with van der Waals surface area (Å²) in [6.07, 6.45) is 3.34. The van der Waals surface area contributed by atoms with Gasteiger partial charge in [0, 0.05) is 5.69 Å². The van der Waals surface area contributed by atoms with Gasteiger partial charge in [0.2, 0.25) is 0 Å². The molecule has 0 aliphatic rings. The largest absolute Gasteiger partial charge is 0.491 e. The van der Waals surface area contributed by atoms with Gasteiger partial charge in [0.1, 0.15) is 11.4 Å². The second kappa shape index (κ2) is 6.89. The Hall–Kier alpha value is -1.89. The van der Waals surface area contributed by atoms with Crippen LogP contribution in [-0.2, 0) is 0 Å². The molecule has 0 N–H and O–H groups in total. The highest BCUT2D eigenvalue weighted by Gasteiger charge is 2.15. The summed E-state index contributed by atoms with van der Waals surface area (Å²) in [7, 11) is 0. The maximum absolute atomic E-state index is 10.9. The van der Waals surface area contributed by atoms with Gasteiger partial charge >= 0.3 is 0 Å². The number of hydrogen-bond donors (Lipinski definition) is 0. The monoisotopic (exact) mass is 260 g/mol. The minimum atomic E-state index is -0.278. The predicted octanol–water partition coefficient (Wildman–Crippen LogP) is 3.30. The number of aromatic nitrogens is 1. The van der Waals surface area contributed by atoms with Gasteiger partial charge in [-0.25, -0.2) is 4.98 Å². The zero-order chi connectivity index (χ0) is 14.3. The SMILES string of the molecule is Cc1ccc(OCCCCC(C)(C)C#N)c(C=O)n1. The van der Waals surface area contributed by atoms with Crippen molar-refractivity contribution >= 4 is 6.29 Å². The van der Waals surface area contributed by atoms with Gasteiger partial charge in [-0.1, -0.05) is 0 Å². The number of rotatable bonds is 7. The highest BCUT2D eigenvalue weighted by atomic mass is 16.5. The van der Waals surface area contributed by atoms with Crippen LogP contribution >= 0.6 is 0 Å². The molecule has 0 saturated heterocycles. The van der Waals surface area contributed by atoms with Crippen LogP contribution < -0.4 is 4.74 Å². The third-order valence-corrected chi connectivity index (χ3v) is 2.89. The molecule has 0 atom stereocenters. The third-order valence-electron chi connectivity index (χ3n) is 2.89. The zero-order valence-corrected chi connectivity index (χ0v) is 11.8. The molecule has 0 unspecified atom stereocenters. The lowest BCUT2D eigenvalue weighted by Crippen LogP contribution is -2.08. The highest BCUT2D eigenvalue weighted by molar-refractivity contribution is 5.76. The molecule has 1 rings (SSSR count). The van der Waals surface area contributed by atoms with Gasteiger partial charge in [0.25, 0.3) is 0 Å². The molecule has 0 amide bonds. The molecule has 0 aliphatic carbocycles. The molecule has 0 aliphatic heterocycles. The highest BCUT2D eigenvalue weighted by Crippen LogP contribution is 2.22. The molecule has 0 saturated carbocycles. The van der Waals surface area contributed by atoms with Gasteiger partial charge in [-0.3, -0.25) is 4.79 Å². The standard InChI is InChI=1S/C15H20N2O2/c1-12-6-7-14(13(10-18)17-12)19-9-5-4-8-15(2,3)11-16/h6-7,10H,4-5,8-9H2,1-3H3. The number of pyridine rings is 1.